The number of rotatable bonds is 8. The molecule has 2 heterocycles. The fourth-order valence-corrected chi connectivity index (χ4v) is 4.00. The molecule has 1 aromatic carbocycles. The molecule has 0 radical (unpaired) electrons. The Morgan fingerprint density at radius 2 is 1.87 bits per heavy atom. The van der Waals surface area contributed by atoms with Crippen molar-refractivity contribution in [2.45, 2.75) is 38.7 Å². The highest BCUT2D eigenvalue weighted by Crippen LogP contribution is 2.13. The molecule has 0 saturated carbocycles. The first-order valence-corrected chi connectivity index (χ1v) is 11.8. The van der Waals surface area contributed by atoms with Gasteiger partial charge in [-0.05, 0) is 24.1 Å². The lowest BCUT2D eigenvalue weighted by Gasteiger charge is -2.06. The van der Waals surface area contributed by atoms with Gasteiger partial charge in [0.25, 0.3) is 5.56 Å². The number of benzene rings is 1. The molecule has 0 bridgehead atoms. The molecule has 0 fully saturated rings. The average molecular weight is 449 g/mol. The van der Waals surface area contributed by atoms with Gasteiger partial charge in [-0.3, -0.25) is 14.3 Å². The number of carbonyl (C=O) groups excluding carboxylic acids is 1. The van der Waals surface area contributed by atoms with Gasteiger partial charge in [0, 0.05) is 19.8 Å². The second kappa shape index (κ2) is 8.88. The lowest BCUT2D eigenvalue weighted by Crippen LogP contribution is -2.31. The second-order valence-electron chi connectivity index (χ2n) is 7.37. The number of nitrogens with one attached hydrogen (secondary N) is 1. The van der Waals surface area contributed by atoms with E-state index in [4.69, 9.17) is 4.74 Å². The molecule has 3 rings (SSSR count). The van der Waals surface area contributed by atoms with E-state index in [-0.39, 0.29) is 29.1 Å². The summed E-state index contributed by atoms with van der Waals surface area (Å²) in [5.41, 5.74) is 0.226. The number of aryl methyl sites for hydroxylation is 2. The van der Waals surface area contributed by atoms with Crippen LogP contribution in [-0.4, -0.2) is 39.7 Å². The number of fused-ring (bicyclic) bond motifs is 1. The normalized spacial score (nSPS) is 11.7. The maximum absolute atomic E-state index is 12.4. The number of unbranched alkanes of at least 4 members (excludes halogenated alkanes) is 1. The Hall–Kier alpha value is -3.21. The zero-order valence-electron chi connectivity index (χ0n) is 17.5. The van der Waals surface area contributed by atoms with Crippen molar-refractivity contribution in [3.8, 4) is 0 Å². The highest BCUT2D eigenvalue weighted by atomic mass is 32.2. The van der Waals surface area contributed by atoms with Gasteiger partial charge in [-0.15, -0.1) is 0 Å². The first-order chi connectivity index (χ1) is 14.6. The highest BCUT2D eigenvalue weighted by molar-refractivity contribution is 7.89. The third-order valence-corrected chi connectivity index (χ3v) is 5.65. The van der Waals surface area contributed by atoms with Gasteiger partial charge in [0.1, 0.15) is 12.4 Å². The molecule has 0 saturated heterocycles. The maximum Gasteiger partial charge on any atom is 0.338 e. The van der Waals surface area contributed by atoms with E-state index in [1.54, 1.807) is 19.2 Å². The van der Waals surface area contributed by atoms with Crippen LogP contribution in [0.1, 0.15) is 41.5 Å². The Kier molecular flexibility index (Phi) is 6.44. The van der Waals surface area contributed by atoms with Crippen molar-refractivity contribution in [1.29, 1.82) is 0 Å². The molecule has 11 heteroatoms. The van der Waals surface area contributed by atoms with Gasteiger partial charge in [-0.1, -0.05) is 25.5 Å². The summed E-state index contributed by atoms with van der Waals surface area (Å²) in [5.74, 6) is -0.412. The van der Waals surface area contributed by atoms with Crippen molar-refractivity contribution < 1.29 is 17.9 Å². The van der Waals surface area contributed by atoms with E-state index >= 15 is 0 Å². The number of esters is 1. The first kappa shape index (κ1) is 22.5. The molecule has 0 aliphatic rings. The summed E-state index contributed by atoms with van der Waals surface area (Å²) in [6.45, 7) is 2.21. The molecular weight excluding hydrogens is 424 g/mol. The van der Waals surface area contributed by atoms with E-state index in [9.17, 15) is 22.8 Å². The predicted molar refractivity (Wildman–Crippen MR) is 115 cm³/mol. The summed E-state index contributed by atoms with van der Waals surface area (Å²) >= 11 is 0. The van der Waals surface area contributed by atoms with Crippen molar-refractivity contribution >= 4 is 27.0 Å². The second-order valence-corrected chi connectivity index (χ2v) is 9.51. The minimum absolute atomic E-state index is 0.115. The summed E-state index contributed by atoms with van der Waals surface area (Å²) in [5, 5.41) is 0. The van der Waals surface area contributed by atoms with Gasteiger partial charge in [0.2, 0.25) is 0 Å². The molecule has 1 N–H and O–H groups in total. The summed E-state index contributed by atoms with van der Waals surface area (Å²) in [7, 11) is -1.56. The van der Waals surface area contributed by atoms with Gasteiger partial charge in [0.15, 0.2) is 21.0 Å². The zero-order valence-corrected chi connectivity index (χ0v) is 18.4. The van der Waals surface area contributed by atoms with Crippen LogP contribution in [0.4, 0.5) is 0 Å². The van der Waals surface area contributed by atoms with Gasteiger partial charge in [-0.25, -0.2) is 23.0 Å². The fourth-order valence-electron chi connectivity index (χ4n) is 3.20. The van der Waals surface area contributed by atoms with Crippen LogP contribution in [0.2, 0.25) is 0 Å². The topological polar surface area (TPSA) is 133 Å². The van der Waals surface area contributed by atoms with Gasteiger partial charge in [-0.2, -0.15) is 0 Å². The van der Waals surface area contributed by atoms with E-state index in [0.717, 1.165) is 19.1 Å². The van der Waals surface area contributed by atoms with Crippen LogP contribution in [-0.2, 0) is 40.5 Å². The van der Waals surface area contributed by atoms with E-state index in [0.29, 0.717) is 17.9 Å². The van der Waals surface area contributed by atoms with Crippen molar-refractivity contribution in [2.75, 3.05) is 6.26 Å². The molecule has 0 amide bonds. The quantitative estimate of drug-likeness (QED) is 0.511. The van der Waals surface area contributed by atoms with Crippen molar-refractivity contribution in [1.82, 2.24) is 19.1 Å². The number of sulfone groups is 1. The lowest BCUT2D eigenvalue weighted by atomic mass is 10.1. The molecule has 3 aromatic rings. The van der Waals surface area contributed by atoms with Crippen LogP contribution in [0.3, 0.4) is 0 Å². The number of nitrogens with zero attached hydrogens (tertiary/aromatic N) is 3. The number of aromatic amines is 1. The number of carbonyl (C=O) groups is 1. The number of ether oxygens (including phenoxy) is 1. The lowest BCUT2D eigenvalue weighted by molar-refractivity contribution is 0.0459. The van der Waals surface area contributed by atoms with Crippen molar-refractivity contribution in [2.24, 2.45) is 7.05 Å². The Morgan fingerprint density at radius 1 is 1.19 bits per heavy atom. The molecule has 0 spiro atoms. The van der Waals surface area contributed by atoms with Gasteiger partial charge < -0.3 is 9.30 Å². The van der Waals surface area contributed by atoms with E-state index in [2.05, 4.69) is 9.97 Å². The molecule has 0 atom stereocenters. The minimum Gasteiger partial charge on any atom is -0.454 e. The van der Waals surface area contributed by atoms with Gasteiger partial charge in [0.05, 0.1) is 11.3 Å². The molecule has 10 nitrogen and oxygen atoms in total. The molecule has 0 unspecified atom stereocenters. The third-order valence-electron chi connectivity index (χ3n) is 4.79. The zero-order chi connectivity index (χ0) is 22.8. The van der Waals surface area contributed by atoms with Crippen LogP contribution in [0.25, 0.3) is 11.2 Å². The molecule has 0 aliphatic carbocycles. The number of imidazole rings is 1. The number of aromatic nitrogens is 4. The van der Waals surface area contributed by atoms with Crippen molar-refractivity contribution in [3.63, 3.8) is 0 Å². The molecular formula is C20H24N4O6S. The van der Waals surface area contributed by atoms with E-state index in [1.165, 1.54) is 21.3 Å². The summed E-state index contributed by atoms with van der Waals surface area (Å²) in [4.78, 5) is 43.5. The Balaban J connectivity index is 1.81. The summed E-state index contributed by atoms with van der Waals surface area (Å²) < 4.78 is 31.0. The third kappa shape index (κ3) is 5.10. The van der Waals surface area contributed by atoms with Gasteiger partial charge >= 0.3 is 11.7 Å². The maximum atomic E-state index is 12.4. The summed E-state index contributed by atoms with van der Waals surface area (Å²) in [6.07, 6.45) is 2.75. The van der Waals surface area contributed by atoms with Crippen LogP contribution in [0, 0.1) is 0 Å². The molecule has 2 aromatic heterocycles. The first-order valence-electron chi connectivity index (χ1n) is 9.73. The molecule has 31 heavy (non-hydrogen) atoms. The van der Waals surface area contributed by atoms with E-state index in [1.807, 2.05) is 6.92 Å². The van der Waals surface area contributed by atoms with Crippen LogP contribution in [0.15, 0.2) is 33.9 Å². The number of H-pyrrole nitrogens is 1. The fraction of sp³-hybridized carbons (Fsp3) is 0.400. The molecule has 0 aliphatic heterocycles. The monoisotopic (exact) mass is 448 g/mol. The average Bonchev–Trinajstić information content (AvgIpc) is 3.02. The largest absolute Gasteiger partial charge is 0.454 e. The SMILES string of the molecule is CCCCn1c(=O)[nH]c(=O)c2c1nc(COC(=O)c1ccc(CS(C)(=O)=O)cc1)n2C. The van der Waals surface area contributed by atoms with Crippen LogP contribution in [0.5, 0.6) is 0 Å². The number of hydrogen-bond donors (Lipinski definition) is 1. The minimum atomic E-state index is -3.17. The van der Waals surface area contributed by atoms with Crippen LogP contribution >= 0.6 is 0 Å². The summed E-state index contributed by atoms with van der Waals surface area (Å²) in [6, 6.07) is 6.09. The van der Waals surface area contributed by atoms with Crippen LogP contribution < -0.4 is 11.2 Å². The smallest absolute Gasteiger partial charge is 0.338 e. The van der Waals surface area contributed by atoms with Crippen molar-refractivity contribution in [3.05, 3.63) is 62.1 Å². The Morgan fingerprint density at radius 3 is 2.48 bits per heavy atom. The predicted octanol–water partition coefficient (Wildman–Crippen LogP) is 1.13. The highest BCUT2D eigenvalue weighted by Gasteiger charge is 2.18. The Labute approximate surface area is 178 Å². The standard InChI is InChI=1S/C20H24N4O6S/c1-4-5-10-24-17-16(18(25)22-20(24)27)23(2)15(21-17)11-30-19(26)14-8-6-13(7-9-14)12-31(3,28)29/h6-9H,4-5,10-12H2,1-3H3,(H,22,25,27). The molecule has 166 valence electrons. The number of hydrogen-bond acceptors (Lipinski definition) is 7. The Bertz CT molecular complexity index is 1330. The van der Waals surface area contributed by atoms with E-state index < -0.39 is 27.1 Å².